The molecule has 4 heteroatoms. The molecule has 19 heavy (non-hydrogen) atoms. The molecule has 1 saturated carbocycles. The second-order valence-corrected chi connectivity index (χ2v) is 6.36. The lowest BCUT2D eigenvalue weighted by Gasteiger charge is -2.57. The van der Waals surface area contributed by atoms with Crippen LogP contribution in [0.5, 0.6) is 0 Å². The van der Waals surface area contributed by atoms with E-state index in [-0.39, 0.29) is 23.5 Å². The molecule has 1 amide bonds. The molecule has 3 atom stereocenters. The fourth-order valence-corrected chi connectivity index (χ4v) is 2.76. The molecule has 0 aromatic rings. The zero-order chi connectivity index (χ0) is 14.7. The second-order valence-electron chi connectivity index (χ2n) is 6.36. The van der Waals surface area contributed by atoms with Crippen LogP contribution in [-0.4, -0.2) is 30.2 Å². The van der Waals surface area contributed by atoms with E-state index in [1.54, 1.807) is 0 Å². The Labute approximate surface area is 117 Å². The number of nitrogens with one attached hydrogen (secondary N) is 1. The fraction of sp³-hybridized carbons (Fsp3) is 0.933. The standard InChI is InChI=1S/C15H30N2O2/c1-6-8-9-11(3)17-13(18)15(16)10-12(19-7-2)14(15,4)5/h11-12H,6-10,16H2,1-5H3,(H,17,18). The monoisotopic (exact) mass is 270 g/mol. The summed E-state index contributed by atoms with van der Waals surface area (Å²) in [7, 11) is 0. The molecule has 4 nitrogen and oxygen atoms in total. The van der Waals surface area contributed by atoms with Crippen LogP contribution in [0.1, 0.15) is 60.3 Å². The molecule has 0 radical (unpaired) electrons. The molecule has 0 aromatic heterocycles. The predicted octanol–water partition coefficient (Wildman–Crippen LogP) is 2.21. The number of amides is 1. The smallest absolute Gasteiger partial charge is 0.241 e. The number of hydrogen-bond donors (Lipinski definition) is 2. The van der Waals surface area contributed by atoms with Gasteiger partial charge >= 0.3 is 0 Å². The SMILES string of the molecule is CCCCC(C)NC(=O)C1(N)CC(OCC)C1(C)C. The maximum Gasteiger partial charge on any atom is 0.241 e. The van der Waals surface area contributed by atoms with Gasteiger partial charge in [-0.3, -0.25) is 4.79 Å². The average molecular weight is 270 g/mol. The summed E-state index contributed by atoms with van der Waals surface area (Å²) in [6, 6.07) is 0.190. The van der Waals surface area contributed by atoms with Crippen molar-refractivity contribution in [3.63, 3.8) is 0 Å². The summed E-state index contributed by atoms with van der Waals surface area (Å²) in [5.41, 5.74) is 5.22. The van der Waals surface area contributed by atoms with Crippen LogP contribution in [0, 0.1) is 5.41 Å². The topological polar surface area (TPSA) is 64.4 Å². The van der Waals surface area contributed by atoms with Gasteiger partial charge in [-0.2, -0.15) is 0 Å². The Balaban J connectivity index is 2.57. The number of ether oxygens (including phenoxy) is 1. The maximum atomic E-state index is 12.4. The van der Waals surface area contributed by atoms with Gasteiger partial charge in [-0.15, -0.1) is 0 Å². The van der Waals surface area contributed by atoms with Gasteiger partial charge in [-0.1, -0.05) is 33.6 Å². The van der Waals surface area contributed by atoms with E-state index in [1.165, 1.54) is 0 Å². The summed E-state index contributed by atoms with van der Waals surface area (Å²) in [5.74, 6) is -0.0305. The molecule has 0 aliphatic heterocycles. The zero-order valence-corrected chi connectivity index (χ0v) is 13.1. The van der Waals surface area contributed by atoms with Crippen molar-refractivity contribution in [3.8, 4) is 0 Å². The van der Waals surface area contributed by atoms with Crippen molar-refractivity contribution in [3.05, 3.63) is 0 Å². The number of carbonyl (C=O) groups is 1. The van der Waals surface area contributed by atoms with Crippen molar-refractivity contribution in [1.29, 1.82) is 0 Å². The Morgan fingerprint density at radius 3 is 2.58 bits per heavy atom. The van der Waals surface area contributed by atoms with Gasteiger partial charge in [-0.05, 0) is 20.3 Å². The molecule has 0 bridgehead atoms. The van der Waals surface area contributed by atoms with Crippen LogP contribution >= 0.6 is 0 Å². The highest BCUT2D eigenvalue weighted by molar-refractivity contribution is 5.89. The summed E-state index contributed by atoms with van der Waals surface area (Å²) in [6.07, 6.45) is 3.98. The summed E-state index contributed by atoms with van der Waals surface area (Å²) in [5, 5.41) is 3.06. The predicted molar refractivity (Wildman–Crippen MR) is 77.9 cm³/mol. The molecule has 1 fully saturated rings. The largest absolute Gasteiger partial charge is 0.378 e. The Morgan fingerprint density at radius 1 is 1.47 bits per heavy atom. The van der Waals surface area contributed by atoms with E-state index in [2.05, 4.69) is 12.2 Å². The second kappa shape index (κ2) is 6.23. The van der Waals surface area contributed by atoms with Gasteiger partial charge in [-0.25, -0.2) is 0 Å². The number of hydrogen-bond acceptors (Lipinski definition) is 3. The fourth-order valence-electron chi connectivity index (χ4n) is 2.76. The van der Waals surface area contributed by atoms with E-state index in [9.17, 15) is 4.79 Å². The quantitative estimate of drug-likeness (QED) is 0.745. The van der Waals surface area contributed by atoms with Crippen LogP contribution in [-0.2, 0) is 9.53 Å². The molecule has 1 aliphatic carbocycles. The third kappa shape index (κ3) is 3.11. The maximum absolute atomic E-state index is 12.4. The Hall–Kier alpha value is -0.610. The number of carbonyl (C=O) groups excluding carboxylic acids is 1. The number of nitrogens with two attached hydrogens (primary N) is 1. The first kappa shape index (κ1) is 16.4. The van der Waals surface area contributed by atoms with Crippen LogP contribution in [0.25, 0.3) is 0 Å². The minimum atomic E-state index is -0.798. The summed E-state index contributed by atoms with van der Waals surface area (Å²) in [4.78, 5) is 12.4. The lowest BCUT2D eigenvalue weighted by Crippen LogP contribution is -2.76. The average Bonchev–Trinajstić information content (AvgIpc) is 2.35. The van der Waals surface area contributed by atoms with Gasteiger partial charge in [0.1, 0.15) is 5.54 Å². The molecule has 0 spiro atoms. The Bertz CT molecular complexity index is 317. The third-order valence-electron chi connectivity index (χ3n) is 4.60. The highest BCUT2D eigenvalue weighted by Gasteiger charge is 2.62. The molecule has 3 N–H and O–H groups in total. The summed E-state index contributed by atoms with van der Waals surface area (Å²) >= 11 is 0. The van der Waals surface area contributed by atoms with E-state index in [1.807, 2.05) is 27.7 Å². The number of rotatable bonds is 7. The molecule has 3 unspecified atom stereocenters. The molecule has 112 valence electrons. The van der Waals surface area contributed by atoms with E-state index in [0.717, 1.165) is 19.3 Å². The summed E-state index contributed by atoms with van der Waals surface area (Å²) in [6.45, 7) is 10.9. The van der Waals surface area contributed by atoms with Gasteiger partial charge in [0.15, 0.2) is 0 Å². The molecular weight excluding hydrogens is 240 g/mol. The molecular formula is C15H30N2O2. The number of unbranched alkanes of at least 4 members (excludes halogenated alkanes) is 1. The van der Waals surface area contributed by atoms with E-state index in [0.29, 0.717) is 13.0 Å². The van der Waals surface area contributed by atoms with Crippen molar-refractivity contribution < 1.29 is 9.53 Å². The van der Waals surface area contributed by atoms with Gasteiger partial charge in [0.2, 0.25) is 5.91 Å². The first-order chi connectivity index (χ1) is 8.79. The minimum absolute atomic E-state index is 0.0305. The normalized spacial score (nSPS) is 30.5. The first-order valence-corrected chi connectivity index (χ1v) is 7.51. The zero-order valence-electron chi connectivity index (χ0n) is 13.1. The van der Waals surface area contributed by atoms with Gasteiger partial charge in [0, 0.05) is 24.5 Å². The van der Waals surface area contributed by atoms with Gasteiger partial charge < -0.3 is 15.8 Å². The molecule has 1 aliphatic rings. The highest BCUT2D eigenvalue weighted by Crippen LogP contribution is 2.49. The lowest BCUT2D eigenvalue weighted by molar-refractivity contribution is -0.171. The van der Waals surface area contributed by atoms with Gasteiger partial charge in [0.25, 0.3) is 0 Å². The lowest BCUT2D eigenvalue weighted by atomic mass is 9.54. The summed E-state index contributed by atoms with van der Waals surface area (Å²) < 4.78 is 5.65. The van der Waals surface area contributed by atoms with Crippen molar-refractivity contribution in [2.24, 2.45) is 11.1 Å². The third-order valence-corrected chi connectivity index (χ3v) is 4.60. The molecule has 0 heterocycles. The van der Waals surface area contributed by atoms with Crippen LogP contribution in [0.4, 0.5) is 0 Å². The van der Waals surface area contributed by atoms with Crippen LogP contribution < -0.4 is 11.1 Å². The van der Waals surface area contributed by atoms with Crippen LogP contribution in [0.3, 0.4) is 0 Å². The first-order valence-electron chi connectivity index (χ1n) is 7.51. The molecule has 0 aromatic carbocycles. The Kier molecular flexibility index (Phi) is 5.39. The van der Waals surface area contributed by atoms with Crippen molar-refractivity contribution in [2.75, 3.05) is 6.61 Å². The van der Waals surface area contributed by atoms with E-state index >= 15 is 0 Å². The van der Waals surface area contributed by atoms with Crippen molar-refractivity contribution >= 4 is 5.91 Å². The van der Waals surface area contributed by atoms with E-state index in [4.69, 9.17) is 10.5 Å². The Morgan fingerprint density at radius 2 is 2.11 bits per heavy atom. The van der Waals surface area contributed by atoms with E-state index < -0.39 is 5.54 Å². The molecule has 0 saturated heterocycles. The minimum Gasteiger partial charge on any atom is -0.378 e. The van der Waals surface area contributed by atoms with Crippen LogP contribution in [0.15, 0.2) is 0 Å². The van der Waals surface area contributed by atoms with Crippen LogP contribution in [0.2, 0.25) is 0 Å². The van der Waals surface area contributed by atoms with Gasteiger partial charge in [0.05, 0.1) is 6.10 Å². The van der Waals surface area contributed by atoms with Crippen molar-refractivity contribution in [2.45, 2.75) is 78.0 Å². The highest BCUT2D eigenvalue weighted by atomic mass is 16.5. The molecule has 1 rings (SSSR count). The van der Waals surface area contributed by atoms with Crippen molar-refractivity contribution in [1.82, 2.24) is 5.32 Å².